The van der Waals surface area contributed by atoms with E-state index in [4.69, 9.17) is 9.47 Å². The normalized spacial score (nSPS) is 20.8. The van der Waals surface area contributed by atoms with Gasteiger partial charge < -0.3 is 19.7 Å². The molecule has 5 nitrogen and oxygen atoms in total. The van der Waals surface area contributed by atoms with E-state index in [1.54, 1.807) is 7.11 Å². The van der Waals surface area contributed by atoms with Crippen LogP contribution in [0.3, 0.4) is 0 Å². The van der Waals surface area contributed by atoms with Gasteiger partial charge >= 0.3 is 0 Å². The number of benzene rings is 2. The van der Waals surface area contributed by atoms with Crippen molar-refractivity contribution in [3.63, 3.8) is 0 Å². The first-order chi connectivity index (χ1) is 12.5. The monoisotopic (exact) mass is 357 g/mol. The van der Waals surface area contributed by atoms with Crippen LogP contribution in [0, 0.1) is 6.92 Å². The van der Waals surface area contributed by atoms with Crippen LogP contribution in [0.2, 0.25) is 0 Å². The molecule has 0 unspecified atom stereocenters. The minimum atomic E-state index is -0.678. The van der Waals surface area contributed by atoms with Gasteiger partial charge in [-0.3, -0.25) is 4.90 Å². The zero-order valence-corrected chi connectivity index (χ0v) is 15.4. The van der Waals surface area contributed by atoms with Crippen LogP contribution in [0.15, 0.2) is 42.5 Å². The Labute approximate surface area is 154 Å². The summed E-state index contributed by atoms with van der Waals surface area (Å²) in [6.45, 7) is 4.52. The molecule has 3 rings (SSSR count). The molecule has 1 aliphatic rings. The molecule has 5 heteroatoms. The summed E-state index contributed by atoms with van der Waals surface area (Å²) in [5.41, 5.74) is 3.42. The Hall–Kier alpha value is -2.08. The Balaban J connectivity index is 1.64. The van der Waals surface area contributed by atoms with E-state index in [1.165, 1.54) is 5.56 Å². The van der Waals surface area contributed by atoms with Crippen molar-refractivity contribution < 1.29 is 19.7 Å². The van der Waals surface area contributed by atoms with Gasteiger partial charge in [0, 0.05) is 19.6 Å². The first-order valence-electron chi connectivity index (χ1n) is 8.99. The summed E-state index contributed by atoms with van der Waals surface area (Å²) >= 11 is 0. The van der Waals surface area contributed by atoms with Gasteiger partial charge in [-0.25, -0.2) is 0 Å². The number of likely N-dealkylation sites (tertiary alicyclic amines) is 1. The van der Waals surface area contributed by atoms with E-state index in [1.807, 2.05) is 30.3 Å². The van der Waals surface area contributed by atoms with Gasteiger partial charge in [-0.1, -0.05) is 35.9 Å². The van der Waals surface area contributed by atoms with Crippen molar-refractivity contribution in [2.45, 2.75) is 38.7 Å². The fourth-order valence-electron chi connectivity index (χ4n) is 3.28. The van der Waals surface area contributed by atoms with Crippen LogP contribution in [0.5, 0.6) is 11.5 Å². The molecule has 0 bridgehead atoms. The highest BCUT2D eigenvalue weighted by atomic mass is 16.5. The second kappa shape index (κ2) is 8.54. The highest BCUT2D eigenvalue weighted by Gasteiger charge is 2.25. The fraction of sp³-hybridized carbons (Fsp3) is 0.429. The Morgan fingerprint density at radius 1 is 1.04 bits per heavy atom. The van der Waals surface area contributed by atoms with Gasteiger partial charge in [-0.2, -0.15) is 0 Å². The predicted molar refractivity (Wildman–Crippen MR) is 100 cm³/mol. The van der Waals surface area contributed by atoms with Gasteiger partial charge in [0.15, 0.2) is 11.5 Å². The van der Waals surface area contributed by atoms with E-state index in [0.717, 1.165) is 17.7 Å². The SMILES string of the molecule is COc1cc(CN2CC[C@H](O)[C@@H](O)C2)ccc1OCc1cccc(C)c1. The van der Waals surface area contributed by atoms with Crippen molar-refractivity contribution >= 4 is 0 Å². The first kappa shape index (κ1) is 18.7. The molecule has 0 aromatic heterocycles. The molecule has 2 aromatic carbocycles. The molecule has 0 radical (unpaired) electrons. The molecule has 2 N–H and O–H groups in total. The Morgan fingerprint density at radius 2 is 1.88 bits per heavy atom. The zero-order valence-electron chi connectivity index (χ0n) is 15.4. The largest absolute Gasteiger partial charge is 0.493 e. The lowest BCUT2D eigenvalue weighted by Gasteiger charge is -2.33. The minimum Gasteiger partial charge on any atom is -0.493 e. The van der Waals surface area contributed by atoms with Crippen LogP contribution in [0.4, 0.5) is 0 Å². The van der Waals surface area contributed by atoms with Gasteiger partial charge in [0.2, 0.25) is 0 Å². The lowest BCUT2D eigenvalue weighted by Crippen LogP contribution is -2.46. The number of aryl methyl sites for hydroxylation is 1. The summed E-state index contributed by atoms with van der Waals surface area (Å²) in [5, 5.41) is 19.5. The lowest BCUT2D eigenvalue weighted by molar-refractivity contribution is -0.0404. The number of aliphatic hydroxyl groups is 2. The van der Waals surface area contributed by atoms with E-state index in [0.29, 0.717) is 37.6 Å². The molecule has 26 heavy (non-hydrogen) atoms. The standard InChI is InChI=1S/C21H27NO4/c1-15-4-3-5-17(10-15)14-26-20-7-6-16(11-21(20)25-2)12-22-9-8-18(23)19(24)13-22/h3-7,10-11,18-19,23-24H,8-9,12-14H2,1-2H3/t18-,19-/m0/s1. The second-order valence-corrected chi connectivity index (χ2v) is 6.92. The molecule has 2 aromatic rings. The van der Waals surface area contributed by atoms with Crippen LogP contribution in [0.25, 0.3) is 0 Å². The van der Waals surface area contributed by atoms with Gasteiger partial charge in [0.1, 0.15) is 6.61 Å². The molecule has 0 amide bonds. The number of rotatable bonds is 6. The molecule has 1 aliphatic heterocycles. The molecule has 1 heterocycles. The molecule has 1 fully saturated rings. The van der Waals surface area contributed by atoms with E-state index in [2.05, 4.69) is 24.0 Å². The summed E-state index contributed by atoms with van der Waals surface area (Å²) in [6.07, 6.45) is -0.698. The summed E-state index contributed by atoms with van der Waals surface area (Å²) in [6, 6.07) is 14.2. The molecule has 0 aliphatic carbocycles. The number of nitrogens with zero attached hydrogens (tertiary/aromatic N) is 1. The summed E-state index contributed by atoms with van der Waals surface area (Å²) in [4.78, 5) is 2.14. The van der Waals surface area contributed by atoms with Crippen LogP contribution < -0.4 is 9.47 Å². The minimum absolute atomic E-state index is 0.481. The third-order valence-corrected chi connectivity index (χ3v) is 4.74. The van der Waals surface area contributed by atoms with Crippen molar-refractivity contribution in [2.75, 3.05) is 20.2 Å². The summed E-state index contributed by atoms with van der Waals surface area (Å²) in [7, 11) is 1.64. The number of hydrogen-bond donors (Lipinski definition) is 2. The molecule has 0 saturated carbocycles. The lowest BCUT2D eigenvalue weighted by atomic mass is 10.0. The van der Waals surface area contributed by atoms with Gasteiger partial charge in [-0.15, -0.1) is 0 Å². The number of β-amino-alcohol motifs (C(OH)–C–C–N with tert-alkyl or cyclic N) is 1. The van der Waals surface area contributed by atoms with Crippen molar-refractivity contribution in [1.82, 2.24) is 4.90 Å². The smallest absolute Gasteiger partial charge is 0.161 e. The molecule has 1 saturated heterocycles. The quantitative estimate of drug-likeness (QED) is 0.832. The molecular formula is C21H27NO4. The maximum atomic E-state index is 9.83. The number of piperidine rings is 1. The third kappa shape index (κ3) is 4.75. The Bertz CT molecular complexity index is 734. The number of methoxy groups -OCH3 is 1. The van der Waals surface area contributed by atoms with E-state index >= 15 is 0 Å². The van der Waals surface area contributed by atoms with E-state index < -0.39 is 12.2 Å². The van der Waals surface area contributed by atoms with Gasteiger partial charge in [0.25, 0.3) is 0 Å². The third-order valence-electron chi connectivity index (χ3n) is 4.74. The Kier molecular flexibility index (Phi) is 6.14. The molecule has 140 valence electrons. The highest BCUT2D eigenvalue weighted by Crippen LogP contribution is 2.29. The van der Waals surface area contributed by atoms with Crippen molar-refractivity contribution in [3.8, 4) is 11.5 Å². The zero-order chi connectivity index (χ0) is 18.5. The average molecular weight is 357 g/mol. The first-order valence-corrected chi connectivity index (χ1v) is 8.99. The fourth-order valence-corrected chi connectivity index (χ4v) is 3.28. The summed E-state index contributed by atoms with van der Waals surface area (Å²) < 4.78 is 11.4. The molecular weight excluding hydrogens is 330 g/mol. The van der Waals surface area contributed by atoms with Crippen LogP contribution >= 0.6 is 0 Å². The van der Waals surface area contributed by atoms with Crippen molar-refractivity contribution in [2.24, 2.45) is 0 Å². The topological polar surface area (TPSA) is 62.2 Å². The van der Waals surface area contributed by atoms with Crippen molar-refractivity contribution in [3.05, 3.63) is 59.2 Å². The Morgan fingerprint density at radius 3 is 2.62 bits per heavy atom. The predicted octanol–water partition coefficient (Wildman–Crippen LogP) is 2.51. The summed E-state index contributed by atoms with van der Waals surface area (Å²) in [5.74, 6) is 1.42. The average Bonchev–Trinajstić information content (AvgIpc) is 2.63. The van der Waals surface area contributed by atoms with E-state index in [9.17, 15) is 10.2 Å². The maximum Gasteiger partial charge on any atom is 0.161 e. The highest BCUT2D eigenvalue weighted by molar-refractivity contribution is 5.43. The van der Waals surface area contributed by atoms with Crippen molar-refractivity contribution in [1.29, 1.82) is 0 Å². The maximum absolute atomic E-state index is 9.83. The van der Waals surface area contributed by atoms with Gasteiger partial charge in [0.05, 0.1) is 19.3 Å². The van der Waals surface area contributed by atoms with Crippen LogP contribution in [0.1, 0.15) is 23.1 Å². The van der Waals surface area contributed by atoms with Crippen LogP contribution in [-0.2, 0) is 13.2 Å². The second-order valence-electron chi connectivity index (χ2n) is 6.92. The number of hydrogen-bond acceptors (Lipinski definition) is 5. The van der Waals surface area contributed by atoms with Gasteiger partial charge in [-0.05, 0) is 36.6 Å². The molecule has 2 atom stereocenters. The number of aliphatic hydroxyl groups excluding tert-OH is 2. The van der Waals surface area contributed by atoms with Crippen LogP contribution in [-0.4, -0.2) is 47.5 Å². The number of ether oxygens (including phenoxy) is 2. The molecule has 0 spiro atoms. The van der Waals surface area contributed by atoms with E-state index in [-0.39, 0.29) is 0 Å².